The summed E-state index contributed by atoms with van der Waals surface area (Å²) >= 11 is 6.03. The van der Waals surface area contributed by atoms with Gasteiger partial charge in [0.2, 0.25) is 5.91 Å². The van der Waals surface area contributed by atoms with Crippen molar-refractivity contribution in [1.29, 1.82) is 0 Å². The molecule has 2 rings (SSSR count). The van der Waals surface area contributed by atoms with Gasteiger partial charge in [0.15, 0.2) is 0 Å². The lowest BCUT2D eigenvalue weighted by Crippen LogP contribution is -2.42. The van der Waals surface area contributed by atoms with E-state index in [1.54, 1.807) is 18.2 Å². The van der Waals surface area contributed by atoms with Crippen molar-refractivity contribution in [3.63, 3.8) is 0 Å². The average molecular weight is 384 g/mol. The van der Waals surface area contributed by atoms with E-state index in [-0.39, 0.29) is 12.3 Å². The third-order valence-corrected chi connectivity index (χ3v) is 4.70. The number of carbonyl (C=O) groups is 2. The van der Waals surface area contributed by atoms with Crippen LogP contribution in [0.2, 0.25) is 5.02 Å². The number of aliphatic carboxylic acids is 1. The number of benzene rings is 1. The second-order valence-corrected chi connectivity index (χ2v) is 6.78. The molecule has 0 saturated carbocycles. The molecule has 1 amide bonds. The maximum atomic E-state index is 12.1. The number of hydrogen-bond donors (Lipinski definition) is 3. The van der Waals surface area contributed by atoms with Crippen molar-refractivity contribution in [2.75, 3.05) is 44.7 Å². The van der Waals surface area contributed by atoms with Gasteiger partial charge in [0.25, 0.3) is 0 Å². The first-order valence-electron chi connectivity index (χ1n) is 8.78. The highest BCUT2D eigenvalue weighted by Gasteiger charge is 2.21. The number of rotatable bonds is 9. The molecule has 1 atom stereocenters. The molecule has 1 aromatic carbocycles. The quantitative estimate of drug-likeness (QED) is 0.563. The van der Waals surface area contributed by atoms with Crippen molar-refractivity contribution in [3.05, 3.63) is 28.8 Å². The summed E-state index contributed by atoms with van der Waals surface area (Å²) in [5, 5.41) is 15.5. The maximum absolute atomic E-state index is 12.1. The van der Waals surface area contributed by atoms with Gasteiger partial charge in [0.05, 0.1) is 19.6 Å². The average Bonchev–Trinajstić information content (AvgIpc) is 2.61. The van der Waals surface area contributed by atoms with Crippen LogP contribution in [-0.2, 0) is 14.3 Å². The summed E-state index contributed by atoms with van der Waals surface area (Å²) in [6.07, 6.45) is 0.678. The lowest BCUT2D eigenvalue weighted by molar-refractivity contribution is -0.141. The van der Waals surface area contributed by atoms with Crippen molar-refractivity contribution >= 4 is 29.2 Å². The molecule has 1 fully saturated rings. The Labute approximate surface area is 158 Å². The van der Waals surface area contributed by atoms with Gasteiger partial charge in [-0.05, 0) is 44.1 Å². The van der Waals surface area contributed by atoms with Crippen molar-refractivity contribution in [2.45, 2.75) is 25.8 Å². The summed E-state index contributed by atoms with van der Waals surface area (Å²) in [7, 11) is 0. The minimum atomic E-state index is -1.03. The first-order chi connectivity index (χ1) is 12.5. The number of aryl methyl sites for hydroxylation is 1. The molecular formula is C18H26ClN3O4. The topological polar surface area (TPSA) is 90.9 Å². The molecule has 0 aliphatic carbocycles. The molecule has 26 heavy (non-hydrogen) atoms. The number of anilines is 1. The molecule has 0 radical (unpaired) electrons. The number of carboxylic acid groups (broad SMARTS) is 1. The highest BCUT2D eigenvalue weighted by atomic mass is 35.5. The molecule has 1 saturated heterocycles. The predicted molar refractivity (Wildman–Crippen MR) is 101 cm³/mol. The largest absolute Gasteiger partial charge is 0.480 e. The zero-order valence-corrected chi connectivity index (χ0v) is 15.7. The Morgan fingerprint density at radius 1 is 1.35 bits per heavy atom. The van der Waals surface area contributed by atoms with E-state index in [9.17, 15) is 14.7 Å². The first kappa shape index (κ1) is 20.6. The van der Waals surface area contributed by atoms with Crippen LogP contribution in [0.1, 0.15) is 18.4 Å². The van der Waals surface area contributed by atoms with Gasteiger partial charge >= 0.3 is 5.97 Å². The number of hydrogen-bond acceptors (Lipinski definition) is 5. The summed E-state index contributed by atoms with van der Waals surface area (Å²) in [5.41, 5.74) is 1.47. The van der Waals surface area contributed by atoms with E-state index < -0.39 is 12.0 Å². The number of amides is 1. The Bertz CT molecular complexity index is 620. The lowest BCUT2D eigenvalue weighted by Gasteiger charge is -2.26. The third-order valence-electron chi connectivity index (χ3n) is 4.29. The van der Waals surface area contributed by atoms with Crippen LogP contribution in [-0.4, -0.2) is 67.3 Å². The Kier molecular flexibility index (Phi) is 8.31. The van der Waals surface area contributed by atoms with E-state index in [0.717, 1.165) is 44.8 Å². The zero-order valence-electron chi connectivity index (χ0n) is 15.0. The lowest BCUT2D eigenvalue weighted by atomic mass is 10.1. The fourth-order valence-electron chi connectivity index (χ4n) is 2.72. The van der Waals surface area contributed by atoms with Gasteiger partial charge in [-0.15, -0.1) is 0 Å². The molecule has 7 nitrogen and oxygen atoms in total. The molecule has 1 aromatic rings. The summed E-state index contributed by atoms with van der Waals surface area (Å²) < 4.78 is 5.29. The van der Waals surface area contributed by atoms with Crippen molar-refractivity contribution in [3.8, 4) is 0 Å². The highest BCUT2D eigenvalue weighted by molar-refractivity contribution is 6.31. The number of halogens is 1. The Morgan fingerprint density at radius 2 is 2.08 bits per heavy atom. The first-order valence-corrected chi connectivity index (χ1v) is 9.16. The van der Waals surface area contributed by atoms with E-state index in [1.165, 1.54) is 0 Å². The minimum Gasteiger partial charge on any atom is -0.480 e. The number of nitrogens with zero attached hydrogens (tertiary/aromatic N) is 1. The van der Waals surface area contributed by atoms with Gasteiger partial charge in [-0.3, -0.25) is 14.5 Å². The second kappa shape index (κ2) is 10.5. The summed E-state index contributed by atoms with van der Waals surface area (Å²) in [6.45, 7) is 6.60. The van der Waals surface area contributed by atoms with E-state index in [0.29, 0.717) is 17.3 Å². The minimum absolute atomic E-state index is 0.140. The van der Waals surface area contributed by atoms with Crippen LogP contribution in [0.5, 0.6) is 0 Å². The smallest absolute Gasteiger partial charge is 0.321 e. The van der Waals surface area contributed by atoms with E-state index >= 15 is 0 Å². The van der Waals surface area contributed by atoms with Crippen LogP contribution in [0.3, 0.4) is 0 Å². The van der Waals surface area contributed by atoms with Gasteiger partial charge < -0.3 is 20.5 Å². The summed E-state index contributed by atoms with van der Waals surface area (Å²) in [6, 6.07) is 4.28. The number of carbonyl (C=O) groups excluding carboxylic acids is 1. The fraction of sp³-hybridized carbons (Fsp3) is 0.556. The van der Waals surface area contributed by atoms with Crippen LogP contribution >= 0.6 is 11.6 Å². The fourth-order valence-corrected chi connectivity index (χ4v) is 2.90. The van der Waals surface area contributed by atoms with E-state index in [1.807, 2.05) is 6.92 Å². The number of ether oxygens (including phenoxy) is 1. The normalized spacial score (nSPS) is 16.2. The van der Waals surface area contributed by atoms with Gasteiger partial charge in [0, 0.05) is 23.8 Å². The van der Waals surface area contributed by atoms with Crippen LogP contribution < -0.4 is 10.6 Å². The van der Waals surface area contributed by atoms with Crippen LogP contribution in [0, 0.1) is 6.92 Å². The molecule has 0 unspecified atom stereocenters. The Hall–Kier alpha value is -1.67. The van der Waals surface area contributed by atoms with Gasteiger partial charge in [-0.1, -0.05) is 17.7 Å². The molecule has 0 aromatic heterocycles. The van der Waals surface area contributed by atoms with Crippen molar-refractivity contribution in [1.82, 2.24) is 10.2 Å². The van der Waals surface area contributed by atoms with Crippen molar-refractivity contribution < 1.29 is 19.4 Å². The number of nitrogens with one attached hydrogen (secondary N) is 2. The zero-order chi connectivity index (χ0) is 18.9. The molecule has 8 heteroatoms. The van der Waals surface area contributed by atoms with E-state index in [2.05, 4.69) is 15.5 Å². The Balaban J connectivity index is 1.74. The molecule has 1 heterocycles. The third kappa shape index (κ3) is 6.92. The highest BCUT2D eigenvalue weighted by Crippen LogP contribution is 2.20. The van der Waals surface area contributed by atoms with E-state index in [4.69, 9.17) is 16.3 Å². The molecule has 1 aliphatic heterocycles. The SMILES string of the molecule is Cc1ccc(NC(=O)C[C@H](NCCCN2CCOCC2)C(=O)O)cc1Cl. The summed E-state index contributed by atoms with van der Waals surface area (Å²) in [5.74, 6) is -1.40. The standard InChI is InChI=1S/C18H26ClN3O4/c1-13-3-4-14(11-15(13)19)21-17(23)12-16(18(24)25)20-5-2-6-22-7-9-26-10-8-22/h3-4,11,16,20H,2,5-10,12H2,1H3,(H,21,23)(H,24,25)/t16-/m0/s1. The number of morpholine rings is 1. The molecule has 0 spiro atoms. The monoisotopic (exact) mass is 383 g/mol. The molecule has 144 valence electrons. The predicted octanol–water partition coefficient (Wildman–Crippen LogP) is 1.74. The molecular weight excluding hydrogens is 358 g/mol. The van der Waals surface area contributed by atoms with Crippen LogP contribution in [0.25, 0.3) is 0 Å². The maximum Gasteiger partial charge on any atom is 0.321 e. The molecule has 1 aliphatic rings. The van der Waals surface area contributed by atoms with Crippen molar-refractivity contribution in [2.24, 2.45) is 0 Å². The Morgan fingerprint density at radius 3 is 2.73 bits per heavy atom. The molecule has 3 N–H and O–H groups in total. The molecule has 0 bridgehead atoms. The van der Waals surface area contributed by atoms with Crippen LogP contribution in [0.4, 0.5) is 5.69 Å². The van der Waals surface area contributed by atoms with Gasteiger partial charge in [-0.25, -0.2) is 0 Å². The summed E-state index contributed by atoms with van der Waals surface area (Å²) in [4.78, 5) is 25.8. The van der Waals surface area contributed by atoms with Gasteiger partial charge in [0.1, 0.15) is 6.04 Å². The van der Waals surface area contributed by atoms with Crippen LogP contribution in [0.15, 0.2) is 18.2 Å². The second-order valence-electron chi connectivity index (χ2n) is 6.37. The van der Waals surface area contributed by atoms with Gasteiger partial charge in [-0.2, -0.15) is 0 Å². The number of carboxylic acids is 1.